The molecule has 0 unspecified atom stereocenters. The van der Waals surface area contributed by atoms with E-state index in [0.29, 0.717) is 18.1 Å². The lowest BCUT2D eigenvalue weighted by molar-refractivity contribution is 0.197. The van der Waals surface area contributed by atoms with Gasteiger partial charge in [-0.1, -0.05) is 30.7 Å². The Balaban J connectivity index is 2.11. The third-order valence-electron chi connectivity index (χ3n) is 2.78. The molecule has 1 heterocycles. The quantitative estimate of drug-likeness (QED) is 0.859. The van der Waals surface area contributed by atoms with Crippen molar-refractivity contribution in [3.8, 4) is 0 Å². The molecule has 0 saturated carbocycles. The van der Waals surface area contributed by atoms with Crippen molar-refractivity contribution in [2.75, 3.05) is 6.54 Å². The molecule has 0 saturated heterocycles. The number of imidazole rings is 1. The third-order valence-corrected chi connectivity index (χ3v) is 3.03. The molecule has 2 aromatic rings. The molecule has 4 nitrogen and oxygen atoms in total. The molecule has 1 aromatic heterocycles. The molecule has 0 radical (unpaired) electrons. The van der Waals surface area contributed by atoms with Crippen LogP contribution >= 0.6 is 11.6 Å². The molecule has 0 fully saturated rings. The van der Waals surface area contributed by atoms with Crippen molar-refractivity contribution in [1.29, 1.82) is 0 Å². The molecular weight excluding hydrogens is 262 g/mol. The lowest BCUT2D eigenvalue weighted by Gasteiger charge is -2.22. The van der Waals surface area contributed by atoms with Crippen LogP contribution in [0.25, 0.3) is 0 Å². The molecule has 0 atom stereocenters. The fraction of sp³-hybridized carbons (Fsp3) is 0.286. The van der Waals surface area contributed by atoms with Gasteiger partial charge in [0.25, 0.3) is 0 Å². The number of benzene rings is 1. The number of amides is 1. The van der Waals surface area contributed by atoms with Gasteiger partial charge in [-0.05, 0) is 24.1 Å². The molecule has 1 amide bonds. The molecule has 0 aliphatic carbocycles. The summed E-state index contributed by atoms with van der Waals surface area (Å²) in [7, 11) is 0. The summed E-state index contributed by atoms with van der Waals surface area (Å²) in [6, 6.07) is 7.48. The van der Waals surface area contributed by atoms with E-state index in [1.165, 1.54) is 10.9 Å². The van der Waals surface area contributed by atoms with Crippen LogP contribution in [0.4, 0.5) is 4.79 Å². The lowest BCUT2D eigenvalue weighted by Crippen LogP contribution is -2.34. The van der Waals surface area contributed by atoms with E-state index in [9.17, 15) is 4.79 Å². The molecule has 1 aromatic carbocycles. The summed E-state index contributed by atoms with van der Waals surface area (Å²) >= 11 is 5.86. The standard InChI is InChI=1S/C14H16ClN3O/c1-2-8-17(14(19)18-9-7-16-11-18)10-12-3-5-13(15)6-4-12/h3-7,9,11H,2,8,10H2,1H3. The van der Waals surface area contributed by atoms with E-state index in [4.69, 9.17) is 11.6 Å². The number of rotatable bonds is 4. The summed E-state index contributed by atoms with van der Waals surface area (Å²) < 4.78 is 1.49. The second kappa shape index (κ2) is 6.38. The summed E-state index contributed by atoms with van der Waals surface area (Å²) in [5.74, 6) is 0. The van der Waals surface area contributed by atoms with Gasteiger partial charge in [-0.2, -0.15) is 0 Å². The number of hydrogen-bond donors (Lipinski definition) is 0. The summed E-state index contributed by atoms with van der Waals surface area (Å²) in [6.07, 6.45) is 5.69. The van der Waals surface area contributed by atoms with Crippen LogP contribution in [-0.4, -0.2) is 27.0 Å². The van der Waals surface area contributed by atoms with Gasteiger partial charge >= 0.3 is 6.03 Å². The smallest absolute Gasteiger partial charge is 0.320 e. The van der Waals surface area contributed by atoms with E-state index < -0.39 is 0 Å². The number of carbonyl (C=O) groups is 1. The highest BCUT2D eigenvalue weighted by Gasteiger charge is 2.14. The third kappa shape index (κ3) is 3.58. The highest BCUT2D eigenvalue weighted by atomic mass is 35.5. The fourth-order valence-corrected chi connectivity index (χ4v) is 1.98. The highest BCUT2D eigenvalue weighted by molar-refractivity contribution is 6.30. The van der Waals surface area contributed by atoms with Crippen molar-refractivity contribution in [1.82, 2.24) is 14.5 Å². The average molecular weight is 278 g/mol. The second-order valence-electron chi connectivity index (χ2n) is 4.30. The van der Waals surface area contributed by atoms with Crippen molar-refractivity contribution in [2.24, 2.45) is 0 Å². The maximum absolute atomic E-state index is 12.3. The van der Waals surface area contributed by atoms with Crippen LogP contribution < -0.4 is 0 Å². The van der Waals surface area contributed by atoms with Gasteiger partial charge in [-0.25, -0.2) is 9.78 Å². The zero-order valence-electron chi connectivity index (χ0n) is 10.8. The van der Waals surface area contributed by atoms with E-state index in [1.807, 2.05) is 24.3 Å². The number of nitrogens with zero attached hydrogens (tertiary/aromatic N) is 3. The molecule has 5 heteroatoms. The van der Waals surface area contributed by atoms with Crippen LogP contribution in [0.2, 0.25) is 5.02 Å². The molecule has 0 aliphatic heterocycles. The van der Waals surface area contributed by atoms with Crippen molar-refractivity contribution in [2.45, 2.75) is 19.9 Å². The van der Waals surface area contributed by atoms with Crippen LogP contribution in [0.1, 0.15) is 18.9 Å². The Labute approximate surface area is 117 Å². The van der Waals surface area contributed by atoms with Gasteiger partial charge < -0.3 is 4.90 Å². The molecule has 19 heavy (non-hydrogen) atoms. The Hall–Kier alpha value is -1.81. The zero-order valence-corrected chi connectivity index (χ0v) is 11.5. The topological polar surface area (TPSA) is 38.1 Å². The summed E-state index contributed by atoms with van der Waals surface area (Å²) in [6.45, 7) is 3.33. The van der Waals surface area contributed by atoms with Gasteiger partial charge in [0, 0.05) is 30.5 Å². The Morgan fingerprint density at radius 1 is 1.37 bits per heavy atom. The summed E-state index contributed by atoms with van der Waals surface area (Å²) in [5, 5.41) is 0.701. The Kier molecular flexibility index (Phi) is 4.58. The molecule has 0 spiro atoms. The van der Waals surface area contributed by atoms with E-state index in [0.717, 1.165) is 12.0 Å². The molecule has 0 bridgehead atoms. The van der Waals surface area contributed by atoms with Gasteiger partial charge in [0.15, 0.2) is 0 Å². The Bertz CT molecular complexity index is 522. The monoisotopic (exact) mass is 277 g/mol. The van der Waals surface area contributed by atoms with Crippen LogP contribution in [0.3, 0.4) is 0 Å². The number of carbonyl (C=O) groups excluding carboxylic acids is 1. The van der Waals surface area contributed by atoms with Gasteiger partial charge in [0.2, 0.25) is 0 Å². The largest absolute Gasteiger partial charge is 0.329 e. The predicted octanol–water partition coefficient (Wildman–Crippen LogP) is 3.42. The number of hydrogen-bond acceptors (Lipinski definition) is 2. The van der Waals surface area contributed by atoms with Crippen molar-refractivity contribution < 1.29 is 4.79 Å². The molecule has 0 N–H and O–H groups in total. The first kappa shape index (κ1) is 13.6. The maximum Gasteiger partial charge on any atom is 0.329 e. The molecule has 2 rings (SSSR count). The molecule has 100 valence electrons. The van der Waals surface area contributed by atoms with E-state index >= 15 is 0 Å². The fourth-order valence-electron chi connectivity index (χ4n) is 1.86. The van der Waals surface area contributed by atoms with E-state index in [2.05, 4.69) is 11.9 Å². The number of halogens is 1. The van der Waals surface area contributed by atoms with Crippen LogP contribution in [-0.2, 0) is 6.54 Å². The van der Waals surface area contributed by atoms with Crippen LogP contribution in [0.5, 0.6) is 0 Å². The van der Waals surface area contributed by atoms with E-state index in [-0.39, 0.29) is 6.03 Å². The van der Waals surface area contributed by atoms with Crippen LogP contribution in [0.15, 0.2) is 43.0 Å². The maximum atomic E-state index is 12.3. The van der Waals surface area contributed by atoms with Crippen molar-refractivity contribution in [3.05, 3.63) is 53.6 Å². The summed E-state index contributed by atoms with van der Waals surface area (Å²) in [4.78, 5) is 18.0. The van der Waals surface area contributed by atoms with Gasteiger partial charge in [-0.3, -0.25) is 4.57 Å². The Morgan fingerprint density at radius 2 is 2.11 bits per heavy atom. The van der Waals surface area contributed by atoms with Gasteiger partial charge in [0.05, 0.1) is 0 Å². The number of aromatic nitrogens is 2. The van der Waals surface area contributed by atoms with E-state index in [1.54, 1.807) is 17.3 Å². The minimum Gasteiger partial charge on any atom is -0.320 e. The Morgan fingerprint density at radius 3 is 2.68 bits per heavy atom. The second-order valence-corrected chi connectivity index (χ2v) is 4.74. The molecule has 0 aliphatic rings. The SMILES string of the molecule is CCCN(Cc1ccc(Cl)cc1)C(=O)n1ccnc1. The van der Waals surface area contributed by atoms with Crippen molar-refractivity contribution >= 4 is 17.6 Å². The predicted molar refractivity (Wildman–Crippen MR) is 75.2 cm³/mol. The zero-order chi connectivity index (χ0) is 13.7. The van der Waals surface area contributed by atoms with Crippen molar-refractivity contribution in [3.63, 3.8) is 0 Å². The first-order valence-electron chi connectivity index (χ1n) is 6.22. The lowest BCUT2D eigenvalue weighted by atomic mass is 10.2. The minimum atomic E-state index is -0.0608. The average Bonchev–Trinajstić information content (AvgIpc) is 2.94. The first-order chi connectivity index (χ1) is 9.20. The highest BCUT2D eigenvalue weighted by Crippen LogP contribution is 2.12. The first-order valence-corrected chi connectivity index (χ1v) is 6.60. The normalized spacial score (nSPS) is 10.4. The van der Waals surface area contributed by atoms with Gasteiger partial charge in [0.1, 0.15) is 6.33 Å². The molecular formula is C14H16ClN3O. The van der Waals surface area contributed by atoms with Gasteiger partial charge in [-0.15, -0.1) is 0 Å². The minimum absolute atomic E-state index is 0.0608. The summed E-state index contributed by atoms with van der Waals surface area (Å²) in [5.41, 5.74) is 1.06. The van der Waals surface area contributed by atoms with Crippen LogP contribution in [0, 0.1) is 0 Å².